The first-order valence-corrected chi connectivity index (χ1v) is 10.3. The van der Waals surface area contributed by atoms with E-state index in [-0.39, 0.29) is 18.5 Å². The summed E-state index contributed by atoms with van der Waals surface area (Å²) >= 11 is 0. The molecule has 1 atom stereocenters. The molecule has 5 nitrogen and oxygen atoms in total. The molecule has 0 aliphatic carbocycles. The summed E-state index contributed by atoms with van der Waals surface area (Å²) in [6.07, 6.45) is 3.52. The summed E-state index contributed by atoms with van der Waals surface area (Å²) in [5.74, 6) is -0.0800. The summed E-state index contributed by atoms with van der Waals surface area (Å²) in [5, 5.41) is 0. The van der Waals surface area contributed by atoms with Gasteiger partial charge in [-0.1, -0.05) is 24.3 Å². The largest absolute Gasteiger partial charge is 0.305 e. The minimum absolute atomic E-state index is 0.0800. The maximum Gasteiger partial charge on any atom is 0.258 e. The Labute approximate surface area is 154 Å². The minimum atomic E-state index is -3.41. The van der Waals surface area contributed by atoms with Gasteiger partial charge in [-0.3, -0.25) is 9.10 Å². The summed E-state index contributed by atoms with van der Waals surface area (Å²) < 4.78 is 25.1. The molecule has 26 heavy (non-hydrogen) atoms. The molecule has 0 bridgehead atoms. The number of nitrogens with zero attached hydrogens (tertiary/aromatic N) is 2. The van der Waals surface area contributed by atoms with Crippen molar-refractivity contribution in [1.82, 2.24) is 0 Å². The van der Waals surface area contributed by atoms with Crippen LogP contribution in [0.4, 0.5) is 11.4 Å². The van der Waals surface area contributed by atoms with Gasteiger partial charge in [0.15, 0.2) is 0 Å². The van der Waals surface area contributed by atoms with Crippen LogP contribution in [0.2, 0.25) is 0 Å². The number of rotatable bonds is 5. The SMILES string of the molecule is C=CCN(c1ccc(C(=O)N2c3ccccc3CC2C)cc1)S(C)(=O)=O. The molecule has 1 aliphatic rings. The smallest absolute Gasteiger partial charge is 0.258 e. The van der Waals surface area contributed by atoms with Crippen LogP contribution in [0.5, 0.6) is 0 Å². The third-order valence-electron chi connectivity index (χ3n) is 4.52. The Kier molecular flexibility index (Phi) is 4.87. The third-order valence-corrected chi connectivity index (χ3v) is 5.68. The first-order chi connectivity index (χ1) is 12.3. The standard InChI is InChI=1S/C20H22N2O3S/c1-4-13-21(26(3,24)25)18-11-9-16(10-12-18)20(23)22-15(2)14-17-7-5-6-8-19(17)22/h4-12,15H,1,13-14H2,2-3H3. The molecule has 1 aliphatic heterocycles. The van der Waals surface area contributed by atoms with Crippen LogP contribution in [0.25, 0.3) is 0 Å². The molecular weight excluding hydrogens is 348 g/mol. The lowest BCUT2D eigenvalue weighted by Gasteiger charge is -2.24. The van der Waals surface area contributed by atoms with Crippen LogP contribution in [0, 0.1) is 0 Å². The average molecular weight is 370 g/mol. The van der Waals surface area contributed by atoms with Gasteiger partial charge in [-0.15, -0.1) is 6.58 Å². The third kappa shape index (κ3) is 3.37. The van der Waals surface area contributed by atoms with E-state index >= 15 is 0 Å². The van der Waals surface area contributed by atoms with Crippen LogP contribution in [0.15, 0.2) is 61.2 Å². The summed E-state index contributed by atoms with van der Waals surface area (Å²) in [7, 11) is -3.41. The Hall–Kier alpha value is -2.60. The molecule has 0 aromatic heterocycles. The fourth-order valence-electron chi connectivity index (χ4n) is 3.33. The van der Waals surface area contributed by atoms with E-state index < -0.39 is 10.0 Å². The second-order valence-corrected chi connectivity index (χ2v) is 8.39. The molecule has 2 aromatic carbocycles. The Morgan fingerprint density at radius 3 is 2.50 bits per heavy atom. The second kappa shape index (κ2) is 6.96. The first kappa shape index (κ1) is 18.2. The highest BCUT2D eigenvalue weighted by Gasteiger charge is 2.31. The van der Waals surface area contributed by atoms with Crippen molar-refractivity contribution >= 4 is 27.3 Å². The predicted molar refractivity (Wildman–Crippen MR) is 105 cm³/mol. The highest BCUT2D eigenvalue weighted by Crippen LogP contribution is 2.33. The maximum atomic E-state index is 13.0. The molecule has 6 heteroatoms. The van der Waals surface area contributed by atoms with Gasteiger partial charge in [0.05, 0.1) is 18.5 Å². The van der Waals surface area contributed by atoms with Gasteiger partial charge in [-0.25, -0.2) is 8.42 Å². The molecule has 2 aromatic rings. The highest BCUT2D eigenvalue weighted by molar-refractivity contribution is 7.92. The van der Waals surface area contributed by atoms with Gasteiger partial charge in [-0.2, -0.15) is 0 Å². The summed E-state index contributed by atoms with van der Waals surface area (Å²) in [4.78, 5) is 14.8. The van der Waals surface area contributed by atoms with Crippen LogP contribution >= 0.6 is 0 Å². The van der Waals surface area contributed by atoms with Gasteiger partial charge in [0.25, 0.3) is 5.91 Å². The van der Waals surface area contributed by atoms with E-state index in [1.54, 1.807) is 24.3 Å². The van der Waals surface area contributed by atoms with E-state index in [1.807, 2.05) is 36.1 Å². The van der Waals surface area contributed by atoms with Crippen LogP contribution in [-0.4, -0.2) is 33.2 Å². The first-order valence-electron chi connectivity index (χ1n) is 8.43. The Bertz CT molecular complexity index is 936. The van der Waals surface area contributed by atoms with Crippen molar-refractivity contribution in [2.24, 2.45) is 0 Å². The molecule has 0 spiro atoms. The molecule has 0 radical (unpaired) electrons. The normalized spacial score (nSPS) is 16.2. The number of carbonyl (C=O) groups excluding carboxylic acids is 1. The fourth-order valence-corrected chi connectivity index (χ4v) is 4.21. The van der Waals surface area contributed by atoms with Gasteiger partial charge in [-0.05, 0) is 49.2 Å². The molecule has 1 amide bonds. The van der Waals surface area contributed by atoms with E-state index in [0.717, 1.165) is 18.4 Å². The highest BCUT2D eigenvalue weighted by atomic mass is 32.2. The monoisotopic (exact) mass is 370 g/mol. The van der Waals surface area contributed by atoms with Crippen molar-refractivity contribution in [2.75, 3.05) is 22.0 Å². The van der Waals surface area contributed by atoms with Gasteiger partial charge >= 0.3 is 0 Å². The number of fused-ring (bicyclic) bond motifs is 1. The summed E-state index contributed by atoms with van der Waals surface area (Å²) in [5.41, 5.74) is 3.15. The molecule has 0 saturated carbocycles. The van der Waals surface area contributed by atoms with Crippen LogP contribution in [-0.2, 0) is 16.4 Å². The zero-order valence-corrected chi connectivity index (χ0v) is 15.7. The van der Waals surface area contributed by atoms with Gasteiger partial charge in [0.2, 0.25) is 10.0 Å². The van der Waals surface area contributed by atoms with E-state index in [4.69, 9.17) is 0 Å². The number of para-hydroxylation sites is 1. The van der Waals surface area contributed by atoms with E-state index in [0.29, 0.717) is 11.3 Å². The Morgan fingerprint density at radius 2 is 1.88 bits per heavy atom. The van der Waals surface area contributed by atoms with Crippen molar-refractivity contribution in [2.45, 2.75) is 19.4 Å². The quantitative estimate of drug-likeness (QED) is 0.759. The van der Waals surface area contributed by atoms with E-state index in [1.165, 1.54) is 15.9 Å². The van der Waals surface area contributed by atoms with Crippen molar-refractivity contribution in [3.8, 4) is 0 Å². The van der Waals surface area contributed by atoms with Crippen LogP contribution < -0.4 is 9.21 Å². The van der Waals surface area contributed by atoms with Crippen LogP contribution in [0.3, 0.4) is 0 Å². The number of anilines is 2. The number of benzene rings is 2. The number of carbonyl (C=O) groups is 1. The molecule has 3 rings (SSSR count). The zero-order valence-electron chi connectivity index (χ0n) is 14.9. The van der Waals surface area contributed by atoms with Gasteiger partial charge in [0.1, 0.15) is 0 Å². The van der Waals surface area contributed by atoms with Crippen molar-refractivity contribution in [1.29, 1.82) is 0 Å². The summed E-state index contributed by atoms with van der Waals surface area (Å²) in [6, 6.07) is 14.7. The number of hydrogen-bond donors (Lipinski definition) is 0. The average Bonchev–Trinajstić information content (AvgIpc) is 2.94. The van der Waals surface area contributed by atoms with Gasteiger partial charge in [0, 0.05) is 17.3 Å². The molecule has 136 valence electrons. The molecule has 0 fully saturated rings. The number of hydrogen-bond acceptors (Lipinski definition) is 3. The molecule has 1 unspecified atom stereocenters. The minimum Gasteiger partial charge on any atom is -0.305 e. The number of sulfonamides is 1. The molecule has 1 heterocycles. The lowest BCUT2D eigenvalue weighted by Crippen LogP contribution is -2.35. The Morgan fingerprint density at radius 1 is 1.23 bits per heavy atom. The van der Waals surface area contributed by atoms with E-state index in [2.05, 4.69) is 6.58 Å². The topological polar surface area (TPSA) is 57.7 Å². The van der Waals surface area contributed by atoms with Crippen molar-refractivity contribution < 1.29 is 13.2 Å². The maximum absolute atomic E-state index is 13.0. The van der Waals surface area contributed by atoms with Crippen LogP contribution in [0.1, 0.15) is 22.8 Å². The molecular formula is C20H22N2O3S. The fraction of sp³-hybridized carbons (Fsp3) is 0.250. The van der Waals surface area contributed by atoms with Gasteiger partial charge < -0.3 is 4.90 Å². The molecule has 0 saturated heterocycles. The Balaban J connectivity index is 1.89. The van der Waals surface area contributed by atoms with E-state index in [9.17, 15) is 13.2 Å². The summed E-state index contributed by atoms with van der Waals surface area (Å²) in [6.45, 7) is 5.81. The number of amides is 1. The molecule has 0 N–H and O–H groups in total. The lowest BCUT2D eigenvalue weighted by molar-refractivity contribution is 0.0981. The predicted octanol–water partition coefficient (Wildman–Crippen LogP) is 3.23. The van der Waals surface area contributed by atoms with Crippen molar-refractivity contribution in [3.05, 3.63) is 72.3 Å². The van der Waals surface area contributed by atoms with Crippen molar-refractivity contribution in [3.63, 3.8) is 0 Å². The zero-order chi connectivity index (χ0) is 18.9. The second-order valence-electron chi connectivity index (χ2n) is 6.49. The lowest BCUT2D eigenvalue weighted by atomic mass is 10.1.